The van der Waals surface area contributed by atoms with E-state index in [1.165, 1.54) is 19.3 Å². The van der Waals surface area contributed by atoms with Gasteiger partial charge in [-0.15, -0.1) is 0 Å². The summed E-state index contributed by atoms with van der Waals surface area (Å²) in [6, 6.07) is 14.1. The number of nitrogens with one attached hydrogen (secondary N) is 3. The number of nitrogens with zero attached hydrogens (tertiary/aromatic N) is 4. The molecule has 1 atom stereocenters. The van der Waals surface area contributed by atoms with E-state index in [0.717, 1.165) is 42.4 Å². The summed E-state index contributed by atoms with van der Waals surface area (Å²) in [5.41, 5.74) is 2.42. The maximum absolute atomic E-state index is 13.9. The molecule has 1 unspecified atom stereocenters. The Bertz CT molecular complexity index is 2100. The number of likely N-dealkylation sites (tertiary alicyclic amines) is 2. The number of fused-ring (bicyclic) bond motifs is 2. The summed E-state index contributed by atoms with van der Waals surface area (Å²) >= 11 is 0. The number of carbonyl (C=O) groups is 2. The fourth-order valence-corrected chi connectivity index (χ4v) is 8.06. The highest BCUT2D eigenvalue weighted by atomic mass is 32.2. The highest BCUT2D eigenvalue weighted by Crippen LogP contribution is 2.34. The van der Waals surface area contributed by atoms with Gasteiger partial charge in [0.25, 0.3) is 0 Å². The van der Waals surface area contributed by atoms with E-state index in [9.17, 15) is 13.8 Å². The van der Waals surface area contributed by atoms with Crippen molar-refractivity contribution in [3.8, 4) is 5.75 Å². The lowest BCUT2D eigenvalue weighted by atomic mass is 9.93. The number of hydrogen-bond donors (Lipinski definition) is 3. The quantitative estimate of drug-likeness (QED) is 0.147. The van der Waals surface area contributed by atoms with E-state index in [1.807, 2.05) is 56.8 Å². The number of H-pyrrole nitrogens is 1. The summed E-state index contributed by atoms with van der Waals surface area (Å²) in [5.74, 6) is 1.46. The van der Waals surface area contributed by atoms with Gasteiger partial charge in [0.15, 0.2) is 10.9 Å². The minimum atomic E-state index is -1.68. The molecule has 5 aromatic rings. The SMILES string of the molecule is CN(C)Cc1c(OC(=O)N2CCC(N3CCCCC3)CC2)ccc2[nH]c(S(=O)c3cc4cc(NC(=O)Nc5cc(C(C)(C)C)on5)ccc4o3)cc12. The van der Waals surface area contributed by atoms with Crippen LogP contribution in [-0.2, 0) is 22.8 Å². The summed E-state index contributed by atoms with van der Waals surface area (Å²) in [4.78, 5) is 35.8. The Hall–Kier alpha value is -4.66. The van der Waals surface area contributed by atoms with E-state index >= 15 is 0 Å². The molecule has 14 heteroatoms. The standard InChI is InChI=1S/C38H47N7O6S/c1-38(2,3)32-22-33(42-51-32)41-36(46)39-25-9-11-30-24(19-25)20-35(49-30)52(48)34-21-27-28(23-43(4)5)31(12-10-29(27)40-34)50-37(47)45-17-13-26(14-18-45)44-15-7-6-8-16-44/h9-12,19-22,26,40H,6-8,13-18,23H2,1-5H3,(H2,39,41,42,46). The monoisotopic (exact) mass is 729 g/mol. The number of benzene rings is 2. The predicted molar refractivity (Wildman–Crippen MR) is 200 cm³/mol. The van der Waals surface area contributed by atoms with Crippen LogP contribution in [0.15, 0.2) is 67.6 Å². The van der Waals surface area contributed by atoms with Crippen molar-refractivity contribution in [2.75, 3.05) is 50.9 Å². The average molecular weight is 730 g/mol. The fourth-order valence-electron chi connectivity index (χ4n) is 7.01. The molecule has 5 heterocycles. The number of urea groups is 1. The van der Waals surface area contributed by atoms with E-state index in [4.69, 9.17) is 13.7 Å². The Morgan fingerprint density at radius 1 is 1.00 bits per heavy atom. The van der Waals surface area contributed by atoms with Gasteiger partial charge in [0.1, 0.15) is 32.9 Å². The van der Waals surface area contributed by atoms with Crippen molar-refractivity contribution in [1.29, 1.82) is 0 Å². The minimum absolute atomic E-state index is 0.239. The van der Waals surface area contributed by atoms with Gasteiger partial charge in [-0.2, -0.15) is 0 Å². The van der Waals surface area contributed by atoms with Crippen molar-refractivity contribution < 1.29 is 27.5 Å². The van der Waals surface area contributed by atoms with Crippen molar-refractivity contribution >= 4 is 56.3 Å². The number of aromatic nitrogens is 2. The molecule has 3 amide bonds. The zero-order valence-corrected chi connectivity index (χ0v) is 31.2. The molecule has 0 aliphatic carbocycles. The number of carbonyl (C=O) groups excluding carboxylic acids is 2. The smallest absolute Gasteiger partial charge is 0.415 e. The second-order valence-corrected chi connectivity index (χ2v) is 16.4. The van der Waals surface area contributed by atoms with E-state index in [-0.39, 0.29) is 16.6 Å². The topological polar surface area (TPSA) is 149 Å². The third-order valence-electron chi connectivity index (χ3n) is 9.77. The highest BCUT2D eigenvalue weighted by Gasteiger charge is 2.29. The van der Waals surface area contributed by atoms with Gasteiger partial charge in [0.05, 0.1) is 0 Å². The second kappa shape index (κ2) is 14.8. The number of aromatic amines is 1. The molecule has 2 aromatic carbocycles. The first-order valence-corrected chi connectivity index (χ1v) is 19.1. The molecule has 13 nitrogen and oxygen atoms in total. The van der Waals surface area contributed by atoms with E-state index < -0.39 is 16.8 Å². The van der Waals surface area contributed by atoms with E-state index in [2.05, 4.69) is 25.7 Å². The molecular weight excluding hydrogens is 683 g/mol. The average Bonchev–Trinajstić information content (AvgIpc) is 3.88. The zero-order valence-electron chi connectivity index (χ0n) is 30.4. The van der Waals surface area contributed by atoms with Crippen LogP contribution in [0.1, 0.15) is 64.2 Å². The predicted octanol–water partition coefficient (Wildman–Crippen LogP) is 7.52. The Balaban J connectivity index is 1.04. The van der Waals surface area contributed by atoms with Crippen LogP contribution in [-0.4, -0.2) is 87.5 Å². The molecule has 0 bridgehead atoms. The van der Waals surface area contributed by atoms with Gasteiger partial charge in [-0.05, 0) is 89.3 Å². The summed E-state index contributed by atoms with van der Waals surface area (Å²) in [5, 5.41) is 11.6. The Morgan fingerprint density at radius 2 is 1.77 bits per heavy atom. The summed E-state index contributed by atoms with van der Waals surface area (Å²) in [6.07, 6.45) is 5.42. The van der Waals surface area contributed by atoms with Crippen LogP contribution in [0.3, 0.4) is 0 Å². The molecule has 2 fully saturated rings. The number of furan rings is 1. The normalized spacial score (nSPS) is 16.8. The Morgan fingerprint density at radius 3 is 2.48 bits per heavy atom. The lowest BCUT2D eigenvalue weighted by molar-refractivity contribution is 0.0876. The summed E-state index contributed by atoms with van der Waals surface area (Å²) in [7, 11) is 2.23. The Kier molecular flexibility index (Phi) is 10.1. The molecule has 7 rings (SSSR count). The van der Waals surface area contributed by atoms with Gasteiger partial charge < -0.3 is 38.7 Å². The number of anilines is 2. The van der Waals surface area contributed by atoms with Crippen molar-refractivity contribution in [2.24, 2.45) is 0 Å². The molecule has 0 saturated carbocycles. The molecule has 3 aromatic heterocycles. The third kappa shape index (κ3) is 7.88. The van der Waals surface area contributed by atoms with Gasteiger partial charge in [0, 0.05) is 70.8 Å². The van der Waals surface area contributed by atoms with Crippen molar-refractivity contribution in [3.05, 3.63) is 59.9 Å². The number of piperidine rings is 2. The van der Waals surface area contributed by atoms with E-state index in [0.29, 0.717) is 64.7 Å². The molecule has 2 aliphatic heterocycles. The molecular formula is C38H47N7O6S. The minimum Gasteiger partial charge on any atom is -0.447 e. The molecule has 52 heavy (non-hydrogen) atoms. The fraction of sp³-hybridized carbons (Fsp3) is 0.447. The van der Waals surface area contributed by atoms with Gasteiger partial charge >= 0.3 is 12.1 Å². The van der Waals surface area contributed by atoms with Crippen LogP contribution >= 0.6 is 0 Å². The lowest BCUT2D eigenvalue weighted by Crippen LogP contribution is -2.48. The zero-order chi connectivity index (χ0) is 36.6. The number of ether oxygens (including phenoxy) is 1. The van der Waals surface area contributed by atoms with Gasteiger partial charge in [0.2, 0.25) is 0 Å². The second-order valence-electron chi connectivity index (χ2n) is 15.0. The summed E-state index contributed by atoms with van der Waals surface area (Å²) in [6.45, 7) is 10.2. The van der Waals surface area contributed by atoms with Crippen LogP contribution in [0.5, 0.6) is 5.75 Å². The maximum atomic E-state index is 13.9. The van der Waals surface area contributed by atoms with Gasteiger partial charge in [-0.3, -0.25) is 5.32 Å². The molecule has 2 saturated heterocycles. The number of rotatable bonds is 8. The summed E-state index contributed by atoms with van der Waals surface area (Å²) < 4.78 is 31.2. The van der Waals surface area contributed by atoms with Crippen LogP contribution in [0.4, 0.5) is 21.1 Å². The molecule has 2 aliphatic rings. The maximum Gasteiger partial charge on any atom is 0.415 e. The van der Waals surface area contributed by atoms with E-state index in [1.54, 1.807) is 36.4 Å². The van der Waals surface area contributed by atoms with Crippen LogP contribution in [0.25, 0.3) is 21.9 Å². The molecule has 276 valence electrons. The van der Waals surface area contributed by atoms with Gasteiger partial charge in [-0.1, -0.05) is 32.3 Å². The van der Waals surface area contributed by atoms with Crippen LogP contribution in [0, 0.1) is 0 Å². The first kappa shape index (κ1) is 35.7. The number of hydrogen-bond acceptors (Lipinski definition) is 9. The highest BCUT2D eigenvalue weighted by molar-refractivity contribution is 7.84. The number of amides is 3. The molecule has 3 N–H and O–H groups in total. The van der Waals surface area contributed by atoms with Crippen molar-refractivity contribution in [1.82, 2.24) is 24.8 Å². The molecule has 0 spiro atoms. The third-order valence-corrected chi connectivity index (χ3v) is 11.0. The first-order chi connectivity index (χ1) is 24.9. The lowest BCUT2D eigenvalue weighted by Gasteiger charge is -2.39. The Labute approximate surface area is 305 Å². The van der Waals surface area contributed by atoms with Crippen LogP contribution < -0.4 is 15.4 Å². The largest absolute Gasteiger partial charge is 0.447 e. The van der Waals surface area contributed by atoms with Gasteiger partial charge in [-0.25, -0.2) is 13.8 Å². The van der Waals surface area contributed by atoms with Crippen LogP contribution in [0.2, 0.25) is 0 Å². The van der Waals surface area contributed by atoms with Crippen molar-refractivity contribution in [3.63, 3.8) is 0 Å². The van der Waals surface area contributed by atoms with Crippen molar-refractivity contribution in [2.45, 2.75) is 81.0 Å². The molecule has 0 radical (unpaired) electrons. The first-order valence-electron chi connectivity index (χ1n) is 17.9.